The van der Waals surface area contributed by atoms with E-state index >= 15 is 0 Å². The number of hydrogen-bond donors (Lipinski definition) is 4. The zero-order valence-electron chi connectivity index (χ0n) is 5.61. The van der Waals surface area contributed by atoms with Crippen molar-refractivity contribution < 1.29 is 20.1 Å². The van der Waals surface area contributed by atoms with E-state index in [-0.39, 0.29) is 0 Å². The van der Waals surface area contributed by atoms with Gasteiger partial charge in [0, 0.05) is 0 Å². The summed E-state index contributed by atoms with van der Waals surface area (Å²) in [4.78, 5) is 9.95. The van der Waals surface area contributed by atoms with E-state index in [1.165, 1.54) is 0 Å². The number of carbonyl (C=O) groups is 1. The lowest BCUT2D eigenvalue weighted by molar-refractivity contribution is -0.144. The van der Waals surface area contributed by atoms with Crippen LogP contribution in [0.15, 0.2) is 0 Å². The third-order valence-corrected chi connectivity index (χ3v) is 1.10. The summed E-state index contributed by atoms with van der Waals surface area (Å²) in [5.41, 5.74) is 2.96. The Labute approximate surface area is 58.9 Å². The minimum Gasteiger partial charge on any atom is -0.481 e. The molecule has 0 amide bonds. The molecule has 0 aromatic carbocycles. The van der Waals surface area contributed by atoms with E-state index in [0.717, 1.165) is 7.85 Å². The van der Waals surface area contributed by atoms with Crippen molar-refractivity contribution in [3.8, 4) is 0 Å². The Morgan fingerprint density at radius 3 is 2.20 bits per heavy atom. The Morgan fingerprint density at radius 1 is 1.70 bits per heavy atom. The first-order valence-electron chi connectivity index (χ1n) is 2.76. The number of rotatable bonds is 3. The molecule has 0 aromatic rings. The standard InChI is InChI=1S/C4H10BNO4/c5-4(9,10)2(6)1-3(7)8/h2,9-10H,1,5-6H2,(H,7,8). The number of nitrogens with two attached hydrogens (primary N) is 1. The minimum absolute atomic E-state index is 0.455. The highest BCUT2D eigenvalue weighted by Gasteiger charge is 2.26. The van der Waals surface area contributed by atoms with Crippen molar-refractivity contribution >= 4 is 13.8 Å². The fraction of sp³-hybridized carbons (Fsp3) is 0.750. The highest BCUT2D eigenvalue weighted by molar-refractivity contribution is 6.13. The number of hydrogen-bond acceptors (Lipinski definition) is 4. The molecule has 58 valence electrons. The van der Waals surface area contributed by atoms with Gasteiger partial charge in [-0.05, 0) is 0 Å². The molecule has 5 nitrogen and oxygen atoms in total. The molecule has 0 fully saturated rings. The number of aliphatic carboxylic acids is 1. The van der Waals surface area contributed by atoms with Crippen LogP contribution in [0.3, 0.4) is 0 Å². The van der Waals surface area contributed by atoms with Gasteiger partial charge in [-0.2, -0.15) is 0 Å². The van der Waals surface area contributed by atoms with E-state index in [2.05, 4.69) is 0 Å². The van der Waals surface area contributed by atoms with Gasteiger partial charge in [-0.15, -0.1) is 0 Å². The highest BCUT2D eigenvalue weighted by atomic mass is 16.5. The van der Waals surface area contributed by atoms with Gasteiger partial charge >= 0.3 is 5.97 Å². The monoisotopic (exact) mass is 147 g/mol. The van der Waals surface area contributed by atoms with Gasteiger partial charge in [-0.3, -0.25) is 4.79 Å². The summed E-state index contributed by atoms with van der Waals surface area (Å²) in [6, 6.07) is -1.15. The van der Waals surface area contributed by atoms with E-state index in [0.29, 0.717) is 0 Å². The molecule has 10 heavy (non-hydrogen) atoms. The molecular weight excluding hydrogens is 137 g/mol. The second-order valence-corrected chi connectivity index (χ2v) is 2.30. The smallest absolute Gasteiger partial charge is 0.305 e. The predicted octanol–water partition coefficient (Wildman–Crippen LogP) is -2.94. The lowest BCUT2D eigenvalue weighted by atomic mass is 9.86. The summed E-state index contributed by atoms with van der Waals surface area (Å²) < 4.78 is 0. The molecule has 0 radical (unpaired) electrons. The van der Waals surface area contributed by atoms with E-state index in [9.17, 15) is 4.79 Å². The number of carboxylic acids is 1. The molecule has 0 aliphatic heterocycles. The largest absolute Gasteiger partial charge is 0.481 e. The average molecular weight is 147 g/mol. The Kier molecular flexibility index (Phi) is 2.83. The second kappa shape index (κ2) is 3.00. The van der Waals surface area contributed by atoms with Crippen LogP contribution in [0, 0.1) is 0 Å². The lowest BCUT2D eigenvalue weighted by Gasteiger charge is -2.22. The summed E-state index contributed by atoms with van der Waals surface area (Å²) in [6.45, 7) is 0. The second-order valence-electron chi connectivity index (χ2n) is 2.30. The van der Waals surface area contributed by atoms with Crippen molar-refractivity contribution in [3.63, 3.8) is 0 Å². The van der Waals surface area contributed by atoms with Crippen LogP contribution in [0.2, 0.25) is 0 Å². The lowest BCUT2D eigenvalue weighted by Crippen LogP contribution is -2.49. The van der Waals surface area contributed by atoms with Gasteiger partial charge in [0.1, 0.15) is 5.69 Å². The van der Waals surface area contributed by atoms with Gasteiger partial charge in [0.2, 0.25) is 0 Å². The van der Waals surface area contributed by atoms with Crippen LogP contribution in [0.4, 0.5) is 0 Å². The maximum absolute atomic E-state index is 9.95. The van der Waals surface area contributed by atoms with Crippen LogP contribution in [0.5, 0.6) is 0 Å². The summed E-state index contributed by atoms with van der Waals surface area (Å²) in [5.74, 6) is -1.15. The SMILES string of the molecule is BC(O)(O)C(N)CC(=O)O. The Morgan fingerprint density at radius 2 is 2.10 bits per heavy atom. The van der Waals surface area contributed by atoms with Crippen molar-refractivity contribution in [2.75, 3.05) is 0 Å². The molecule has 0 aliphatic carbocycles. The van der Waals surface area contributed by atoms with E-state index in [1.54, 1.807) is 0 Å². The molecule has 5 N–H and O–H groups in total. The zero-order valence-corrected chi connectivity index (χ0v) is 5.61. The van der Waals surface area contributed by atoms with Gasteiger partial charge in [0.05, 0.1) is 12.5 Å². The quantitative estimate of drug-likeness (QED) is 0.252. The van der Waals surface area contributed by atoms with Crippen LogP contribution >= 0.6 is 0 Å². The fourth-order valence-electron chi connectivity index (χ4n) is 0.381. The van der Waals surface area contributed by atoms with Crippen molar-refractivity contribution in [2.24, 2.45) is 5.73 Å². The molecular formula is C4H10BNO4. The molecule has 0 saturated carbocycles. The Hall–Kier alpha value is -0.585. The maximum atomic E-state index is 9.95. The first kappa shape index (κ1) is 9.41. The number of carboxylic acid groups (broad SMARTS) is 1. The molecule has 6 heteroatoms. The van der Waals surface area contributed by atoms with Crippen LogP contribution in [0.1, 0.15) is 6.42 Å². The molecule has 0 saturated heterocycles. The van der Waals surface area contributed by atoms with Crippen molar-refractivity contribution in [1.82, 2.24) is 0 Å². The molecule has 1 unspecified atom stereocenters. The summed E-state index contributed by atoms with van der Waals surface area (Å²) in [7, 11) is 1.04. The van der Waals surface area contributed by atoms with Crippen molar-refractivity contribution in [2.45, 2.75) is 18.1 Å². The van der Waals surface area contributed by atoms with E-state index in [4.69, 9.17) is 21.1 Å². The fourth-order valence-corrected chi connectivity index (χ4v) is 0.381. The highest BCUT2D eigenvalue weighted by Crippen LogP contribution is 2.01. The first-order valence-corrected chi connectivity index (χ1v) is 2.76. The van der Waals surface area contributed by atoms with Gasteiger partial charge < -0.3 is 21.1 Å². The third kappa shape index (κ3) is 3.44. The topological polar surface area (TPSA) is 104 Å². The first-order chi connectivity index (χ1) is 4.34. The van der Waals surface area contributed by atoms with Gasteiger partial charge in [0.15, 0.2) is 7.85 Å². The van der Waals surface area contributed by atoms with Crippen LogP contribution in [0.25, 0.3) is 0 Å². The Balaban J connectivity index is 3.85. The normalized spacial score (nSPS) is 14.7. The van der Waals surface area contributed by atoms with Crippen molar-refractivity contribution in [1.29, 1.82) is 0 Å². The third-order valence-electron chi connectivity index (χ3n) is 1.10. The maximum Gasteiger partial charge on any atom is 0.305 e. The van der Waals surface area contributed by atoms with E-state index in [1.807, 2.05) is 0 Å². The molecule has 0 aromatic heterocycles. The summed E-state index contributed by atoms with van der Waals surface area (Å²) >= 11 is 0. The average Bonchev–Trinajstić information content (AvgIpc) is 1.60. The number of aliphatic hydroxyl groups is 2. The van der Waals surface area contributed by atoms with Crippen LogP contribution < -0.4 is 5.73 Å². The van der Waals surface area contributed by atoms with Crippen molar-refractivity contribution in [3.05, 3.63) is 0 Å². The van der Waals surface area contributed by atoms with Gasteiger partial charge in [-0.1, -0.05) is 0 Å². The molecule has 0 aliphatic rings. The van der Waals surface area contributed by atoms with Crippen LogP contribution in [-0.2, 0) is 4.79 Å². The predicted molar refractivity (Wildman–Crippen MR) is 35.9 cm³/mol. The van der Waals surface area contributed by atoms with E-state index < -0.39 is 24.1 Å². The summed E-state index contributed by atoms with van der Waals surface area (Å²) in [5, 5.41) is 25.5. The molecule has 0 heterocycles. The molecule has 1 atom stereocenters. The minimum atomic E-state index is -2.11. The molecule has 0 rings (SSSR count). The zero-order chi connectivity index (χ0) is 8.36. The molecule has 0 bridgehead atoms. The summed E-state index contributed by atoms with van der Waals surface area (Å²) in [6.07, 6.45) is -0.455. The Bertz CT molecular complexity index is 132. The van der Waals surface area contributed by atoms with Gasteiger partial charge in [-0.25, -0.2) is 0 Å². The molecule has 0 spiro atoms. The van der Waals surface area contributed by atoms with Crippen LogP contribution in [-0.4, -0.2) is 40.9 Å². The van der Waals surface area contributed by atoms with Gasteiger partial charge in [0.25, 0.3) is 0 Å².